The Balaban J connectivity index is 1.82. The molecule has 0 bridgehead atoms. The van der Waals surface area contributed by atoms with E-state index >= 15 is 0 Å². The largest absolute Gasteiger partial charge is 0.443 e. The van der Waals surface area contributed by atoms with Gasteiger partial charge in [-0.1, -0.05) is 30.3 Å². The molecule has 5 heteroatoms. The van der Waals surface area contributed by atoms with Crippen LogP contribution in [0.25, 0.3) is 0 Å². The van der Waals surface area contributed by atoms with Crippen molar-refractivity contribution in [2.75, 3.05) is 5.43 Å². The molecular formula is C12H14N3O2+. The summed E-state index contributed by atoms with van der Waals surface area (Å²) >= 11 is 0. The van der Waals surface area contributed by atoms with Crippen LogP contribution in [0.15, 0.2) is 49.1 Å². The van der Waals surface area contributed by atoms with E-state index in [0.29, 0.717) is 0 Å². The number of aryl methyl sites for hydroxylation is 1. The van der Waals surface area contributed by atoms with E-state index in [0.717, 1.165) is 5.56 Å². The minimum atomic E-state index is -0.481. The maximum atomic E-state index is 11.4. The number of nitrogens with one attached hydrogen (secondary N) is 1. The molecule has 17 heavy (non-hydrogen) atoms. The number of nitrogens with zero attached hydrogens (tertiary/aromatic N) is 2. The van der Waals surface area contributed by atoms with E-state index in [1.165, 1.54) is 4.68 Å². The van der Waals surface area contributed by atoms with Gasteiger partial charge in [0.1, 0.15) is 12.8 Å². The molecule has 0 saturated heterocycles. The van der Waals surface area contributed by atoms with Gasteiger partial charge in [-0.2, -0.15) is 5.43 Å². The second-order valence-corrected chi connectivity index (χ2v) is 3.66. The van der Waals surface area contributed by atoms with Crippen molar-refractivity contribution < 1.29 is 14.1 Å². The van der Waals surface area contributed by atoms with Crippen LogP contribution in [0, 0.1) is 0 Å². The van der Waals surface area contributed by atoms with Crippen molar-refractivity contribution in [1.29, 1.82) is 0 Å². The first-order valence-electron chi connectivity index (χ1n) is 5.25. The van der Waals surface area contributed by atoms with Crippen LogP contribution in [0.3, 0.4) is 0 Å². The Morgan fingerprint density at radius 1 is 1.41 bits per heavy atom. The second kappa shape index (κ2) is 5.16. The van der Waals surface area contributed by atoms with Gasteiger partial charge >= 0.3 is 6.09 Å². The van der Waals surface area contributed by atoms with Crippen LogP contribution in [-0.4, -0.2) is 10.8 Å². The van der Waals surface area contributed by atoms with Crippen molar-refractivity contribution in [2.45, 2.75) is 6.61 Å². The maximum Gasteiger partial charge on any atom is 0.443 e. The first-order chi connectivity index (χ1) is 8.24. The highest BCUT2D eigenvalue weighted by Gasteiger charge is 2.07. The van der Waals surface area contributed by atoms with Gasteiger partial charge in [-0.3, -0.25) is 0 Å². The molecule has 5 nitrogen and oxygen atoms in total. The van der Waals surface area contributed by atoms with E-state index in [1.807, 2.05) is 48.1 Å². The second-order valence-electron chi connectivity index (χ2n) is 3.66. The maximum absolute atomic E-state index is 11.4. The Morgan fingerprint density at radius 2 is 2.18 bits per heavy atom. The first-order valence-corrected chi connectivity index (χ1v) is 5.25. The molecule has 1 N–H and O–H groups in total. The van der Waals surface area contributed by atoms with Crippen molar-refractivity contribution >= 4 is 6.09 Å². The Hall–Kier alpha value is -2.30. The van der Waals surface area contributed by atoms with Crippen molar-refractivity contribution in [2.24, 2.45) is 7.05 Å². The van der Waals surface area contributed by atoms with Crippen LogP contribution < -0.4 is 9.99 Å². The van der Waals surface area contributed by atoms with Crippen LogP contribution in [0.1, 0.15) is 5.56 Å². The van der Waals surface area contributed by atoms with E-state index in [2.05, 4.69) is 5.43 Å². The normalized spacial score (nSPS) is 9.94. The number of hydrogen-bond acceptors (Lipinski definition) is 2. The van der Waals surface area contributed by atoms with Crippen LogP contribution in [0.4, 0.5) is 4.79 Å². The monoisotopic (exact) mass is 232 g/mol. The van der Waals surface area contributed by atoms with Crippen molar-refractivity contribution in [3.8, 4) is 0 Å². The van der Waals surface area contributed by atoms with E-state index in [9.17, 15) is 4.79 Å². The highest BCUT2D eigenvalue weighted by molar-refractivity contribution is 5.75. The van der Waals surface area contributed by atoms with Gasteiger partial charge in [-0.05, 0) is 5.56 Å². The number of hydrogen-bond donors (Lipinski definition) is 1. The molecule has 0 aliphatic carbocycles. The average molecular weight is 232 g/mol. The molecule has 0 aliphatic heterocycles. The molecule has 0 radical (unpaired) electrons. The quantitative estimate of drug-likeness (QED) is 0.808. The third-order valence-corrected chi connectivity index (χ3v) is 2.20. The third kappa shape index (κ3) is 3.34. The van der Waals surface area contributed by atoms with Crippen LogP contribution >= 0.6 is 0 Å². The number of benzene rings is 1. The summed E-state index contributed by atoms with van der Waals surface area (Å²) in [5.41, 5.74) is 3.53. The molecule has 2 rings (SSSR count). The van der Waals surface area contributed by atoms with Gasteiger partial charge in [0.25, 0.3) is 6.33 Å². The molecule has 1 aromatic heterocycles. The molecular weight excluding hydrogens is 218 g/mol. The Bertz CT molecular complexity index is 493. The molecule has 0 saturated carbocycles. The molecule has 1 aromatic carbocycles. The van der Waals surface area contributed by atoms with E-state index in [1.54, 1.807) is 12.5 Å². The lowest BCUT2D eigenvalue weighted by atomic mass is 10.2. The minimum Gasteiger partial charge on any atom is -0.442 e. The fourth-order valence-electron chi connectivity index (χ4n) is 1.38. The Labute approximate surface area is 99.2 Å². The molecule has 88 valence electrons. The van der Waals surface area contributed by atoms with Crippen LogP contribution in [-0.2, 0) is 18.4 Å². The van der Waals surface area contributed by atoms with Gasteiger partial charge < -0.3 is 4.74 Å². The van der Waals surface area contributed by atoms with Gasteiger partial charge in [0.15, 0.2) is 6.20 Å². The number of carbonyl (C=O) groups excluding carboxylic acids is 1. The topological polar surface area (TPSA) is 47.1 Å². The molecule has 1 heterocycles. The zero-order chi connectivity index (χ0) is 12.1. The number of carbonyl (C=O) groups is 1. The number of imidazole rings is 1. The Kier molecular flexibility index (Phi) is 3.40. The molecule has 0 fully saturated rings. The third-order valence-electron chi connectivity index (χ3n) is 2.20. The molecule has 0 aliphatic rings. The van der Waals surface area contributed by atoms with Gasteiger partial charge in [0.2, 0.25) is 0 Å². The average Bonchev–Trinajstić information content (AvgIpc) is 2.73. The summed E-state index contributed by atoms with van der Waals surface area (Å²) in [5.74, 6) is 0. The van der Waals surface area contributed by atoms with Crippen LogP contribution in [0.5, 0.6) is 0 Å². The number of aromatic nitrogens is 2. The molecule has 0 unspecified atom stereocenters. The zero-order valence-corrected chi connectivity index (χ0v) is 9.54. The smallest absolute Gasteiger partial charge is 0.442 e. The summed E-state index contributed by atoms with van der Waals surface area (Å²) in [7, 11) is 1.87. The zero-order valence-electron chi connectivity index (χ0n) is 9.54. The van der Waals surface area contributed by atoms with E-state index in [4.69, 9.17) is 4.74 Å². The SMILES string of the molecule is C[n+]1ccn(NC(=O)OCc2ccccc2)c1. The molecule has 0 spiro atoms. The van der Waals surface area contributed by atoms with Crippen LogP contribution in [0.2, 0.25) is 0 Å². The lowest BCUT2D eigenvalue weighted by Gasteiger charge is -2.03. The first kappa shape index (κ1) is 11.2. The fourth-order valence-corrected chi connectivity index (χ4v) is 1.38. The van der Waals surface area contributed by atoms with Crippen molar-refractivity contribution in [3.05, 3.63) is 54.6 Å². The van der Waals surface area contributed by atoms with Gasteiger partial charge in [-0.25, -0.2) is 9.36 Å². The molecule has 1 amide bonds. The van der Waals surface area contributed by atoms with E-state index in [-0.39, 0.29) is 6.61 Å². The summed E-state index contributed by atoms with van der Waals surface area (Å²) in [6.45, 7) is 0.264. The van der Waals surface area contributed by atoms with Gasteiger partial charge in [0.05, 0.1) is 7.05 Å². The van der Waals surface area contributed by atoms with Crippen molar-refractivity contribution in [1.82, 2.24) is 4.68 Å². The summed E-state index contributed by atoms with van der Waals surface area (Å²) in [6.07, 6.45) is 4.79. The highest BCUT2D eigenvalue weighted by atomic mass is 16.6. The predicted octanol–water partition coefficient (Wildman–Crippen LogP) is 1.19. The highest BCUT2D eigenvalue weighted by Crippen LogP contribution is 2.00. The van der Waals surface area contributed by atoms with E-state index < -0.39 is 6.09 Å². The fraction of sp³-hybridized carbons (Fsp3) is 0.167. The standard InChI is InChI=1S/C12H13N3O2/c1-14-7-8-15(10-14)13-12(16)17-9-11-5-3-2-4-6-11/h2-8,10H,9H2,1H3/p+1. The van der Waals surface area contributed by atoms with Gasteiger partial charge in [0, 0.05) is 0 Å². The number of amides is 1. The number of ether oxygens (including phenoxy) is 1. The summed E-state index contributed by atoms with van der Waals surface area (Å²) in [4.78, 5) is 11.4. The lowest BCUT2D eigenvalue weighted by molar-refractivity contribution is -0.670. The van der Waals surface area contributed by atoms with Gasteiger partial charge in [-0.15, -0.1) is 4.68 Å². The summed E-state index contributed by atoms with van der Waals surface area (Å²) in [5, 5.41) is 0. The molecule has 0 atom stereocenters. The minimum absolute atomic E-state index is 0.264. The summed E-state index contributed by atoms with van der Waals surface area (Å²) in [6, 6.07) is 9.54. The lowest BCUT2D eigenvalue weighted by Crippen LogP contribution is -2.27. The summed E-state index contributed by atoms with van der Waals surface area (Å²) < 4.78 is 8.41. The predicted molar refractivity (Wildman–Crippen MR) is 61.6 cm³/mol. The van der Waals surface area contributed by atoms with Crippen molar-refractivity contribution in [3.63, 3.8) is 0 Å². The number of rotatable bonds is 3. The Morgan fingerprint density at radius 3 is 2.82 bits per heavy atom. The molecule has 2 aromatic rings.